The summed E-state index contributed by atoms with van der Waals surface area (Å²) >= 11 is 0. The van der Waals surface area contributed by atoms with Crippen molar-refractivity contribution in [1.29, 1.82) is 0 Å². The van der Waals surface area contributed by atoms with Crippen LogP contribution < -0.4 is 0 Å². The second-order valence-electron chi connectivity index (χ2n) is 9.57. The minimum absolute atomic E-state index is 0.221. The molecule has 0 fully saturated rings. The Morgan fingerprint density at radius 3 is 1.62 bits per heavy atom. The normalized spacial score (nSPS) is 12.4. The Morgan fingerprint density at radius 2 is 1.03 bits per heavy atom. The molecule has 176 valence electrons. The molecule has 0 bridgehead atoms. The second kappa shape index (κ2) is 19.8. The monoisotopic (exact) mass is 414 g/mol. The van der Waals surface area contributed by atoms with Crippen LogP contribution in [0.1, 0.15) is 90.9 Å². The maximum atomic E-state index is 6.25. The molecule has 0 N–H and O–H groups in total. The first kappa shape index (κ1) is 28.8. The van der Waals surface area contributed by atoms with Crippen molar-refractivity contribution in [1.82, 2.24) is 9.80 Å². The average molecular weight is 415 g/mol. The number of unbranched alkanes of at least 4 members (excludes halogenated alkanes) is 8. The SMILES string of the molecule is CCCCCCCCOCC(CCCCCOCCCC)(CN(C)C)CN(C)C. The van der Waals surface area contributed by atoms with Gasteiger partial charge in [-0.2, -0.15) is 0 Å². The maximum Gasteiger partial charge on any atom is 0.0546 e. The summed E-state index contributed by atoms with van der Waals surface area (Å²) in [5.41, 5.74) is 0.221. The van der Waals surface area contributed by atoms with Crippen LogP contribution in [0.5, 0.6) is 0 Å². The van der Waals surface area contributed by atoms with Crippen molar-refractivity contribution in [3.8, 4) is 0 Å². The van der Waals surface area contributed by atoms with E-state index in [1.165, 1.54) is 77.0 Å². The molecule has 0 unspecified atom stereocenters. The molecule has 0 saturated carbocycles. The van der Waals surface area contributed by atoms with Gasteiger partial charge in [-0.3, -0.25) is 0 Å². The van der Waals surface area contributed by atoms with Crippen LogP contribution in [0.2, 0.25) is 0 Å². The number of rotatable bonds is 22. The lowest BCUT2D eigenvalue weighted by Gasteiger charge is -2.38. The molecule has 0 amide bonds. The molecule has 0 aliphatic rings. The molecule has 0 aliphatic heterocycles. The van der Waals surface area contributed by atoms with E-state index in [1.807, 2.05) is 0 Å². The van der Waals surface area contributed by atoms with Gasteiger partial charge in [-0.05, 0) is 53.9 Å². The fourth-order valence-corrected chi connectivity index (χ4v) is 4.22. The van der Waals surface area contributed by atoms with Crippen molar-refractivity contribution >= 4 is 0 Å². The highest BCUT2D eigenvalue weighted by Crippen LogP contribution is 2.28. The predicted octanol–water partition coefficient (Wildman–Crippen LogP) is 5.85. The van der Waals surface area contributed by atoms with Gasteiger partial charge in [-0.25, -0.2) is 0 Å². The van der Waals surface area contributed by atoms with Crippen molar-refractivity contribution < 1.29 is 9.47 Å². The predicted molar refractivity (Wildman–Crippen MR) is 128 cm³/mol. The molecule has 0 atom stereocenters. The first-order valence-corrected chi connectivity index (χ1v) is 12.4. The van der Waals surface area contributed by atoms with Crippen LogP contribution in [-0.4, -0.2) is 77.5 Å². The highest BCUT2D eigenvalue weighted by Gasteiger charge is 2.31. The topological polar surface area (TPSA) is 24.9 Å². The molecule has 29 heavy (non-hydrogen) atoms. The van der Waals surface area contributed by atoms with Crippen LogP contribution in [-0.2, 0) is 9.47 Å². The van der Waals surface area contributed by atoms with E-state index in [0.29, 0.717) is 0 Å². The zero-order valence-corrected chi connectivity index (χ0v) is 20.9. The van der Waals surface area contributed by atoms with Gasteiger partial charge in [0.2, 0.25) is 0 Å². The van der Waals surface area contributed by atoms with Gasteiger partial charge in [0.05, 0.1) is 6.61 Å². The van der Waals surface area contributed by atoms with E-state index in [0.717, 1.165) is 39.5 Å². The summed E-state index contributed by atoms with van der Waals surface area (Å²) in [5.74, 6) is 0. The van der Waals surface area contributed by atoms with Gasteiger partial charge in [-0.1, -0.05) is 65.2 Å². The van der Waals surface area contributed by atoms with Crippen molar-refractivity contribution in [3.63, 3.8) is 0 Å². The summed E-state index contributed by atoms with van der Waals surface area (Å²) in [4.78, 5) is 4.68. The molecule has 0 heterocycles. The van der Waals surface area contributed by atoms with Gasteiger partial charge in [0.15, 0.2) is 0 Å². The summed E-state index contributed by atoms with van der Waals surface area (Å²) in [7, 11) is 8.78. The van der Waals surface area contributed by atoms with Crippen LogP contribution >= 0.6 is 0 Å². The quantitative estimate of drug-likeness (QED) is 0.207. The molecular weight excluding hydrogens is 360 g/mol. The van der Waals surface area contributed by atoms with Crippen molar-refractivity contribution in [3.05, 3.63) is 0 Å². The van der Waals surface area contributed by atoms with Gasteiger partial charge in [0.25, 0.3) is 0 Å². The molecule has 0 spiro atoms. The summed E-state index contributed by atoms with van der Waals surface area (Å²) in [6.45, 7) is 10.3. The van der Waals surface area contributed by atoms with Crippen LogP contribution in [0.15, 0.2) is 0 Å². The zero-order valence-electron chi connectivity index (χ0n) is 20.9. The summed E-state index contributed by atoms with van der Waals surface area (Å²) < 4.78 is 12.0. The van der Waals surface area contributed by atoms with E-state index in [1.54, 1.807) is 0 Å². The first-order valence-electron chi connectivity index (χ1n) is 12.4. The Hall–Kier alpha value is -0.160. The van der Waals surface area contributed by atoms with Gasteiger partial charge >= 0.3 is 0 Å². The highest BCUT2D eigenvalue weighted by molar-refractivity contribution is 4.84. The number of nitrogens with zero attached hydrogens (tertiary/aromatic N) is 2. The molecule has 0 aromatic carbocycles. The van der Waals surface area contributed by atoms with Crippen molar-refractivity contribution in [2.45, 2.75) is 90.9 Å². The van der Waals surface area contributed by atoms with E-state index in [9.17, 15) is 0 Å². The van der Waals surface area contributed by atoms with Crippen molar-refractivity contribution in [2.24, 2.45) is 5.41 Å². The Bertz CT molecular complexity index is 303. The van der Waals surface area contributed by atoms with Crippen LogP contribution in [0.3, 0.4) is 0 Å². The molecule has 4 heteroatoms. The van der Waals surface area contributed by atoms with E-state index in [4.69, 9.17) is 9.47 Å². The molecular formula is C25H54N2O2. The smallest absolute Gasteiger partial charge is 0.0546 e. The molecule has 0 rings (SSSR count). The molecule has 4 nitrogen and oxygen atoms in total. The minimum Gasteiger partial charge on any atom is -0.381 e. The van der Waals surface area contributed by atoms with E-state index >= 15 is 0 Å². The summed E-state index contributed by atoms with van der Waals surface area (Å²) in [6, 6.07) is 0. The minimum atomic E-state index is 0.221. The number of hydrogen-bond donors (Lipinski definition) is 0. The Kier molecular flexibility index (Phi) is 19.7. The molecule has 0 aromatic heterocycles. The fourth-order valence-electron chi connectivity index (χ4n) is 4.22. The largest absolute Gasteiger partial charge is 0.381 e. The Labute approximate surface area is 183 Å². The van der Waals surface area contributed by atoms with Gasteiger partial charge in [0.1, 0.15) is 0 Å². The lowest BCUT2D eigenvalue weighted by atomic mass is 9.82. The Balaban J connectivity index is 4.33. The first-order chi connectivity index (χ1) is 14.0. The molecule has 0 aromatic rings. The lowest BCUT2D eigenvalue weighted by molar-refractivity contribution is 0.00399. The highest BCUT2D eigenvalue weighted by atomic mass is 16.5. The average Bonchev–Trinajstić information content (AvgIpc) is 2.65. The molecule has 0 saturated heterocycles. The standard InChI is InChI=1S/C25H54N2O2/c1-7-9-11-12-13-16-21-29-24-25(22-26(3)4,23-27(5)6)18-15-14-17-20-28-19-10-8-2/h7-24H2,1-6H3. The number of ether oxygens (including phenoxy) is 2. The number of hydrogen-bond acceptors (Lipinski definition) is 4. The third kappa shape index (κ3) is 18.3. The van der Waals surface area contributed by atoms with E-state index < -0.39 is 0 Å². The van der Waals surface area contributed by atoms with Crippen LogP contribution in [0.4, 0.5) is 0 Å². The molecule has 0 radical (unpaired) electrons. The fraction of sp³-hybridized carbons (Fsp3) is 1.00. The Morgan fingerprint density at radius 1 is 0.552 bits per heavy atom. The van der Waals surface area contributed by atoms with Crippen LogP contribution in [0, 0.1) is 5.41 Å². The van der Waals surface area contributed by atoms with Gasteiger partial charge in [-0.15, -0.1) is 0 Å². The van der Waals surface area contributed by atoms with Gasteiger partial charge < -0.3 is 19.3 Å². The molecule has 0 aliphatic carbocycles. The second-order valence-corrected chi connectivity index (χ2v) is 9.57. The summed E-state index contributed by atoms with van der Waals surface area (Å²) in [6.07, 6.45) is 15.3. The summed E-state index contributed by atoms with van der Waals surface area (Å²) in [5, 5.41) is 0. The van der Waals surface area contributed by atoms with Crippen LogP contribution in [0.25, 0.3) is 0 Å². The van der Waals surface area contributed by atoms with E-state index in [-0.39, 0.29) is 5.41 Å². The maximum absolute atomic E-state index is 6.25. The van der Waals surface area contributed by atoms with Crippen molar-refractivity contribution in [2.75, 3.05) is 67.7 Å². The zero-order chi connectivity index (χ0) is 21.8. The third-order valence-corrected chi connectivity index (χ3v) is 5.49. The van der Waals surface area contributed by atoms with Gasteiger partial charge in [0, 0.05) is 38.3 Å². The van der Waals surface area contributed by atoms with E-state index in [2.05, 4.69) is 51.8 Å². The lowest BCUT2D eigenvalue weighted by Crippen LogP contribution is -2.45. The third-order valence-electron chi connectivity index (χ3n) is 5.49.